The van der Waals surface area contributed by atoms with E-state index in [2.05, 4.69) is 56.1 Å². The van der Waals surface area contributed by atoms with Crippen LogP contribution in [-0.4, -0.2) is 83.5 Å². The molecular weight excluding hydrogens is 558 g/mol. The molecule has 0 aromatic heterocycles. The number of ether oxygens (including phenoxy) is 3. The summed E-state index contributed by atoms with van der Waals surface area (Å²) in [5.74, 6) is 1.58. The van der Waals surface area contributed by atoms with Gasteiger partial charge >= 0.3 is 6.03 Å². The van der Waals surface area contributed by atoms with Crippen molar-refractivity contribution < 1.29 is 23.8 Å². The quantitative estimate of drug-likeness (QED) is 0.288. The van der Waals surface area contributed by atoms with Crippen molar-refractivity contribution >= 4 is 29.0 Å². The lowest BCUT2D eigenvalue weighted by atomic mass is 9.89. The van der Waals surface area contributed by atoms with E-state index < -0.39 is 6.03 Å². The number of hydrogen-bond donors (Lipinski definition) is 3. The zero-order valence-corrected chi connectivity index (χ0v) is 25.6. The molecule has 2 heterocycles. The van der Waals surface area contributed by atoms with Gasteiger partial charge in [0.25, 0.3) is 5.91 Å². The van der Waals surface area contributed by atoms with Gasteiger partial charge in [-0.1, -0.05) is 30.3 Å². The van der Waals surface area contributed by atoms with Crippen molar-refractivity contribution in [3.8, 4) is 11.5 Å². The molecule has 3 aromatic rings. The van der Waals surface area contributed by atoms with E-state index in [1.54, 1.807) is 38.5 Å². The fourth-order valence-corrected chi connectivity index (χ4v) is 5.82. The van der Waals surface area contributed by atoms with Crippen molar-refractivity contribution in [3.63, 3.8) is 0 Å². The summed E-state index contributed by atoms with van der Waals surface area (Å²) in [5.41, 5.74) is 3.85. The average molecular weight is 602 g/mol. The third-order valence-electron chi connectivity index (χ3n) is 8.25. The van der Waals surface area contributed by atoms with E-state index in [0.29, 0.717) is 40.9 Å². The Hall–Kier alpha value is -4.28. The Morgan fingerprint density at radius 1 is 0.841 bits per heavy atom. The molecule has 3 aromatic carbocycles. The molecule has 3 amide bonds. The molecule has 0 saturated carbocycles. The number of methoxy groups -OCH3 is 2. The maximum absolute atomic E-state index is 13.6. The van der Waals surface area contributed by atoms with E-state index in [4.69, 9.17) is 14.2 Å². The minimum atomic E-state index is -0.437. The second-order valence-corrected chi connectivity index (χ2v) is 11.2. The lowest BCUT2D eigenvalue weighted by Gasteiger charge is -2.35. The van der Waals surface area contributed by atoms with Gasteiger partial charge in [0.15, 0.2) is 0 Å². The molecule has 5 rings (SSSR count). The van der Waals surface area contributed by atoms with Crippen molar-refractivity contribution in [1.29, 1.82) is 0 Å². The summed E-state index contributed by atoms with van der Waals surface area (Å²) in [6.07, 6.45) is 3.18. The second kappa shape index (κ2) is 15.4. The van der Waals surface area contributed by atoms with E-state index in [1.165, 1.54) is 5.56 Å². The molecule has 2 aliphatic heterocycles. The molecular formula is C34H43N5O5. The van der Waals surface area contributed by atoms with Crippen molar-refractivity contribution in [2.24, 2.45) is 5.92 Å². The predicted octanol–water partition coefficient (Wildman–Crippen LogP) is 4.87. The lowest BCUT2D eigenvalue weighted by molar-refractivity contribution is 0.0383. The second-order valence-electron chi connectivity index (χ2n) is 11.2. The Morgan fingerprint density at radius 2 is 1.52 bits per heavy atom. The van der Waals surface area contributed by atoms with Gasteiger partial charge in [-0.3, -0.25) is 9.69 Å². The smallest absolute Gasteiger partial charge is 0.323 e. The summed E-state index contributed by atoms with van der Waals surface area (Å²) in [5, 5.41) is 8.81. The number of urea groups is 1. The fraction of sp³-hybridized carbons (Fsp3) is 0.412. The van der Waals surface area contributed by atoms with Gasteiger partial charge in [0.2, 0.25) is 0 Å². The van der Waals surface area contributed by atoms with Gasteiger partial charge in [-0.25, -0.2) is 4.79 Å². The molecule has 44 heavy (non-hydrogen) atoms. The molecule has 2 fully saturated rings. The molecule has 0 bridgehead atoms. The maximum atomic E-state index is 13.6. The van der Waals surface area contributed by atoms with Gasteiger partial charge in [0.1, 0.15) is 11.5 Å². The molecule has 3 N–H and O–H groups in total. The molecule has 0 unspecified atom stereocenters. The molecule has 2 aliphatic rings. The van der Waals surface area contributed by atoms with Gasteiger partial charge in [-0.15, -0.1) is 0 Å². The largest absolute Gasteiger partial charge is 0.497 e. The van der Waals surface area contributed by atoms with Crippen molar-refractivity contribution in [1.82, 2.24) is 10.2 Å². The van der Waals surface area contributed by atoms with Crippen LogP contribution in [0.5, 0.6) is 11.5 Å². The summed E-state index contributed by atoms with van der Waals surface area (Å²) in [7, 11) is 3.11. The average Bonchev–Trinajstić information content (AvgIpc) is 3.06. The van der Waals surface area contributed by atoms with Crippen LogP contribution in [0.4, 0.5) is 21.9 Å². The number of carbonyl (C=O) groups is 2. The Bertz CT molecular complexity index is 1370. The number of hydrogen-bond acceptors (Lipinski definition) is 7. The Morgan fingerprint density at radius 3 is 2.20 bits per heavy atom. The zero-order valence-electron chi connectivity index (χ0n) is 25.6. The Labute approximate surface area is 259 Å². The highest BCUT2D eigenvalue weighted by Crippen LogP contribution is 2.31. The minimum Gasteiger partial charge on any atom is -0.497 e. The van der Waals surface area contributed by atoms with Gasteiger partial charge in [0.05, 0.1) is 33.0 Å². The number of benzene rings is 3. The monoisotopic (exact) mass is 601 g/mol. The van der Waals surface area contributed by atoms with Gasteiger partial charge in [0, 0.05) is 74.5 Å². The van der Waals surface area contributed by atoms with E-state index in [-0.39, 0.29) is 5.91 Å². The Balaban J connectivity index is 1.27. The highest BCUT2D eigenvalue weighted by molar-refractivity contribution is 6.04. The Kier molecular flexibility index (Phi) is 10.9. The first-order chi connectivity index (χ1) is 21.5. The first-order valence-corrected chi connectivity index (χ1v) is 15.3. The van der Waals surface area contributed by atoms with Crippen LogP contribution in [0, 0.1) is 5.92 Å². The first kappa shape index (κ1) is 31.2. The van der Waals surface area contributed by atoms with Gasteiger partial charge < -0.3 is 35.1 Å². The van der Waals surface area contributed by atoms with Crippen LogP contribution in [-0.2, 0) is 11.2 Å². The van der Waals surface area contributed by atoms with Crippen LogP contribution in [0.3, 0.4) is 0 Å². The molecule has 0 aliphatic carbocycles. The molecule has 234 valence electrons. The molecule has 0 radical (unpaired) electrons. The third-order valence-corrected chi connectivity index (χ3v) is 8.25. The topological polar surface area (TPSA) is 104 Å². The van der Waals surface area contributed by atoms with E-state index >= 15 is 0 Å². The van der Waals surface area contributed by atoms with Crippen molar-refractivity contribution in [2.75, 3.05) is 82.2 Å². The number of nitrogens with one attached hydrogen (secondary N) is 3. The molecule has 2 saturated heterocycles. The first-order valence-electron chi connectivity index (χ1n) is 15.3. The maximum Gasteiger partial charge on any atom is 0.323 e. The molecule has 0 atom stereocenters. The number of amides is 3. The summed E-state index contributed by atoms with van der Waals surface area (Å²) >= 11 is 0. The van der Waals surface area contributed by atoms with E-state index in [1.807, 2.05) is 12.1 Å². The summed E-state index contributed by atoms with van der Waals surface area (Å²) < 4.78 is 16.1. The summed E-state index contributed by atoms with van der Waals surface area (Å²) in [6.45, 7) is 6.21. The number of rotatable bonds is 11. The van der Waals surface area contributed by atoms with Crippen LogP contribution in [0.15, 0.2) is 66.7 Å². The van der Waals surface area contributed by atoms with Crippen LogP contribution in [0.1, 0.15) is 28.8 Å². The number of piperidine rings is 1. The summed E-state index contributed by atoms with van der Waals surface area (Å²) in [4.78, 5) is 31.1. The highest BCUT2D eigenvalue weighted by atomic mass is 16.5. The predicted molar refractivity (Wildman–Crippen MR) is 173 cm³/mol. The fourth-order valence-electron chi connectivity index (χ4n) is 5.82. The van der Waals surface area contributed by atoms with E-state index in [0.717, 1.165) is 70.9 Å². The molecule has 10 heteroatoms. The van der Waals surface area contributed by atoms with Crippen molar-refractivity contribution in [3.05, 3.63) is 77.9 Å². The lowest BCUT2D eigenvalue weighted by Crippen LogP contribution is -2.41. The van der Waals surface area contributed by atoms with Gasteiger partial charge in [-0.05, 0) is 48.9 Å². The van der Waals surface area contributed by atoms with Crippen LogP contribution >= 0.6 is 0 Å². The summed E-state index contributed by atoms with van der Waals surface area (Å²) in [6, 6.07) is 20.9. The number of carbonyl (C=O) groups excluding carboxylic acids is 2. The highest BCUT2D eigenvalue weighted by Gasteiger charge is 2.24. The van der Waals surface area contributed by atoms with E-state index in [9.17, 15) is 9.59 Å². The third kappa shape index (κ3) is 8.64. The standard InChI is InChI=1S/C34H43N5O5/c1-42-29-21-28(22-30(24-29)43-2)37-34(41)36-27-8-9-32(31(23-27)33(40)35-12-15-38-16-18-44-19-17-38)39-13-10-26(11-14-39)20-25-6-4-3-5-7-25/h3-9,21-24,26H,10-20H2,1-2H3,(H,35,40)(H2,36,37,41). The van der Waals surface area contributed by atoms with Crippen molar-refractivity contribution in [2.45, 2.75) is 19.3 Å². The van der Waals surface area contributed by atoms with Gasteiger partial charge in [-0.2, -0.15) is 0 Å². The zero-order chi connectivity index (χ0) is 30.7. The SMILES string of the molecule is COc1cc(NC(=O)Nc2ccc(N3CCC(Cc4ccccc4)CC3)c(C(=O)NCCN3CCOCC3)c2)cc(OC)c1. The number of nitrogens with zero attached hydrogens (tertiary/aromatic N) is 2. The van der Waals surface area contributed by atoms with Crippen LogP contribution in [0.25, 0.3) is 0 Å². The number of anilines is 3. The van der Waals surface area contributed by atoms with Crippen LogP contribution in [0.2, 0.25) is 0 Å². The molecule has 0 spiro atoms. The molecule has 10 nitrogen and oxygen atoms in total. The minimum absolute atomic E-state index is 0.152. The van der Waals surface area contributed by atoms with Crippen LogP contribution < -0.4 is 30.3 Å². The number of morpholine rings is 1. The normalized spacial score (nSPS) is 15.8.